The number of rotatable bonds is 3. The Balaban J connectivity index is 1.59. The zero-order valence-electron chi connectivity index (χ0n) is 15.1. The average Bonchev–Trinajstić information content (AvgIpc) is 3.29. The van der Waals surface area contributed by atoms with E-state index in [1.54, 1.807) is 6.92 Å². The van der Waals surface area contributed by atoms with Crippen LogP contribution >= 0.6 is 11.3 Å². The molecule has 5 rings (SSSR count). The van der Waals surface area contributed by atoms with Gasteiger partial charge in [0, 0.05) is 4.88 Å². The predicted octanol–water partition coefficient (Wildman–Crippen LogP) is 2.64. The minimum Gasteiger partial charge on any atom is -0.462 e. The molecule has 27 heavy (non-hydrogen) atoms. The van der Waals surface area contributed by atoms with Gasteiger partial charge in [0.05, 0.1) is 36.2 Å². The van der Waals surface area contributed by atoms with E-state index in [-0.39, 0.29) is 36.5 Å². The van der Waals surface area contributed by atoms with Crippen molar-refractivity contribution in [2.75, 3.05) is 11.5 Å². The summed E-state index contributed by atoms with van der Waals surface area (Å²) in [5, 5.41) is 0.463. The molecular weight excluding hydrogens is 366 g/mol. The van der Waals surface area contributed by atoms with Gasteiger partial charge in [0.1, 0.15) is 5.00 Å². The van der Waals surface area contributed by atoms with Crippen molar-refractivity contribution in [2.45, 2.75) is 51.2 Å². The molecule has 4 heterocycles. The number of ether oxygens (including phenoxy) is 2. The van der Waals surface area contributed by atoms with E-state index in [2.05, 4.69) is 0 Å². The second-order valence-electron chi connectivity index (χ2n) is 7.52. The van der Waals surface area contributed by atoms with Crippen LogP contribution in [0.3, 0.4) is 0 Å². The highest BCUT2D eigenvalue weighted by atomic mass is 32.1. The number of anilines is 1. The fourth-order valence-corrected chi connectivity index (χ4v) is 6.19. The van der Waals surface area contributed by atoms with Gasteiger partial charge in [-0.1, -0.05) is 12.2 Å². The largest absolute Gasteiger partial charge is 0.462 e. The molecule has 7 heteroatoms. The van der Waals surface area contributed by atoms with E-state index in [1.165, 1.54) is 16.2 Å². The van der Waals surface area contributed by atoms with Crippen LogP contribution in [0.2, 0.25) is 0 Å². The third kappa shape index (κ3) is 2.44. The van der Waals surface area contributed by atoms with Crippen molar-refractivity contribution in [3.8, 4) is 0 Å². The third-order valence-corrected chi connectivity index (χ3v) is 7.28. The highest BCUT2D eigenvalue weighted by Crippen LogP contribution is 2.48. The van der Waals surface area contributed by atoms with Crippen molar-refractivity contribution in [1.29, 1.82) is 0 Å². The molecule has 0 aromatic carbocycles. The molecule has 0 spiro atoms. The summed E-state index contributed by atoms with van der Waals surface area (Å²) in [6.07, 6.45) is 7.68. The van der Waals surface area contributed by atoms with Gasteiger partial charge in [-0.25, -0.2) is 9.69 Å². The lowest BCUT2D eigenvalue weighted by molar-refractivity contribution is -0.131. The lowest BCUT2D eigenvalue weighted by Crippen LogP contribution is -2.37. The molecule has 3 aliphatic heterocycles. The Morgan fingerprint density at radius 3 is 2.89 bits per heavy atom. The number of hydrogen-bond acceptors (Lipinski definition) is 6. The summed E-state index contributed by atoms with van der Waals surface area (Å²) in [4.78, 5) is 41.5. The van der Waals surface area contributed by atoms with Crippen molar-refractivity contribution >= 4 is 34.1 Å². The minimum atomic E-state index is -0.485. The smallest absolute Gasteiger partial charge is 0.341 e. The Kier molecular flexibility index (Phi) is 3.98. The molecule has 6 nitrogen and oxygen atoms in total. The maximum absolute atomic E-state index is 13.2. The summed E-state index contributed by atoms with van der Waals surface area (Å²) < 4.78 is 11.1. The van der Waals surface area contributed by atoms with Gasteiger partial charge in [0.25, 0.3) is 0 Å². The Hall–Kier alpha value is -1.99. The Bertz CT molecular complexity index is 872. The number of aryl methyl sites for hydroxylation is 1. The molecule has 0 N–H and O–H groups in total. The van der Waals surface area contributed by atoms with E-state index in [1.807, 2.05) is 12.2 Å². The van der Waals surface area contributed by atoms with Gasteiger partial charge in [-0.2, -0.15) is 0 Å². The molecule has 4 aliphatic rings. The molecule has 1 aromatic heterocycles. The quantitative estimate of drug-likeness (QED) is 0.453. The maximum Gasteiger partial charge on any atom is 0.341 e. The van der Waals surface area contributed by atoms with Crippen LogP contribution < -0.4 is 4.90 Å². The number of esters is 1. The molecule has 2 amide bonds. The lowest BCUT2D eigenvalue weighted by atomic mass is 9.86. The van der Waals surface area contributed by atoms with Gasteiger partial charge in [0.15, 0.2) is 0 Å². The Morgan fingerprint density at radius 2 is 2.07 bits per heavy atom. The lowest BCUT2D eigenvalue weighted by Gasteiger charge is -2.28. The number of amides is 2. The number of hydrogen-bond donors (Lipinski definition) is 0. The Morgan fingerprint density at radius 1 is 1.26 bits per heavy atom. The van der Waals surface area contributed by atoms with Gasteiger partial charge in [-0.05, 0) is 44.6 Å². The van der Waals surface area contributed by atoms with Crippen LogP contribution in [0.4, 0.5) is 5.00 Å². The fourth-order valence-electron chi connectivity index (χ4n) is 4.80. The zero-order chi connectivity index (χ0) is 18.7. The van der Waals surface area contributed by atoms with E-state index in [0.717, 1.165) is 36.1 Å². The van der Waals surface area contributed by atoms with Crippen molar-refractivity contribution in [2.24, 2.45) is 11.8 Å². The molecule has 0 saturated carbocycles. The monoisotopic (exact) mass is 387 g/mol. The second kappa shape index (κ2) is 6.27. The van der Waals surface area contributed by atoms with Gasteiger partial charge in [-0.3, -0.25) is 9.59 Å². The molecular formula is C20H21NO5S. The second-order valence-corrected chi connectivity index (χ2v) is 8.60. The van der Waals surface area contributed by atoms with Gasteiger partial charge in [-0.15, -0.1) is 11.3 Å². The molecule has 1 aromatic rings. The first kappa shape index (κ1) is 17.1. The SMILES string of the molecule is CCOC(=O)c1c(N2C(=O)C3CC4C=CC(O4)C3C2=O)sc2c1CCCC2. The number of thiophene rings is 1. The van der Waals surface area contributed by atoms with E-state index in [0.29, 0.717) is 17.0 Å². The molecule has 2 fully saturated rings. The molecule has 2 bridgehead atoms. The zero-order valence-corrected chi connectivity index (χ0v) is 15.9. The first-order valence-corrected chi connectivity index (χ1v) is 10.4. The summed E-state index contributed by atoms with van der Waals surface area (Å²) in [5.74, 6) is -1.73. The normalized spacial score (nSPS) is 31.2. The molecule has 2 saturated heterocycles. The van der Waals surface area contributed by atoms with Crippen LogP contribution in [0, 0.1) is 11.8 Å². The predicted molar refractivity (Wildman–Crippen MR) is 98.8 cm³/mol. The highest BCUT2D eigenvalue weighted by molar-refractivity contribution is 7.17. The summed E-state index contributed by atoms with van der Waals surface area (Å²) in [5.41, 5.74) is 1.39. The van der Waals surface area contributed by atoms with E-state index < -0.39 is 11.9 Å². The van der Waals surface area contributed by atoms with E-state index >= 15 is 0 Å². The van der Waals surface area contributed by atoms with Crippen LogP contribution in [-0.2, 0) is 31.9 Å². The number of carbonyl (C=O) groups excluding carboxylic acids is 3. The standard InChI is InChI=1S/C20H21NO5S/c1-2-25-20(24)16-11-5-3-4-6-14(11)27-19(16)21-17(22)12-9-10-7-8-13(26-10)15(12)18(21)23/h7-8,10,12-13,15H,2-6,9H2,1H3. The van der Waals surface area contributed by atoms with Crippen LogP contribution in [0.5, 0.6) is 0 Å². The third-order valence-electron chi connectivity index (χ3n) is 6.00. The number of imide groups is 1. The van der Waals surface area contributed by atoms with Crippen LogP contribution in [0.1, 0.15) is 47.0 Å². The Labute approximate surface area is 161 Å². The average molecular weight is 387 g/mol. The van der Waals surface area contributed by atoms with Crippen molar-refractivity contribution in [3.63, 3.8) is 0 Å². The van der Waals surface area contributed by atoms with Gasteiger partial charge >= 0.3 is 5.97 Å². The van der Waals surface area contributed by atoms with Gasteiger partial charge < -0.3 is 9.47 Å². The van der Waals surface area contributed by atoms with Crippen LogP contribution in [0.15, 0.2) is 12.2 Å². The topological polar surface area (TPSA) is 72.9 Å². The highest BCUT2D eigenvalue weighted by Gasteiger charge is 2.57. The molecule has 142 valence electrons. The number of nitrogens with zero attached hydrogens (tertiary/aromatic N) is 1. The molecule has 0 radical (unpaired) electrons. The van der Waals surface area contributed by atoms with E-state index in [9.17, 15) is 14.4 Å². The van der Waals surface area contributed by atoms with Crippen molar-refractivity contribution in [3.05, 3.63) is 28.2 Å². The first-order valence-electron chi connectivity index (χ1n) is 9.63. The first-order chi connectivity index (χ1) is 13.1. The van der Waals surface area contributed by atoms with E-state index in [4.69, 9.17) is 9.47 Å². The number of carbonyl (C=O) groups is 3. The molecule has 1 aliphatic carbocycles. The molecule has 4 atom stereocenters. The van der Waals surface area contributed by atoms with Crippen LogP contribution in [-0.4, -0.2) is 36.6 Å². The van der Waals surface area contributed by atoms with Gasteiger partial charge in [0.2, 0.25) is 11.8 Å². The van der Waals surface area contributed by atoms with Crippen molar-refractivity contribution < 1.29 is 23.9 Å². The fraction of sp³-hybridized carbons (Fsp3) is 0.550. The van der Waals surface area contributed by atoms with Crippen LogP contribution in [0.25, 0.3) is 0 Å². The summed E-state index contributed by atoms with van der Waals surface area (Å²) in [6.45, 7) is 2.02. The summed E-state index contributed by atoms with van der Waals surface area (Å²) in [7, 11) is 0. The minimum absolute atomic E-state index is 0.0889. The number of fused-ring (bicyclic) bond motifs is 5. The van der Waals surface area contributed by atoms with Crippen molar-refractivity contribution in [1.82, 2.24) is 0 Å². The maximum atomic E-state index is 13.2. The summed E-state index contributed by atoms with van der Waals surface area (Å²) >= 11 is 1.41. The molecule has 4 unspecified atom stereocenters. The summed E-state index contributed by atoms with van der Waals surface area (Å²) in [6, 6.07) is 0.